The third-order valence-corrected chi connectivity index (χ3v) is 12.2. The van der Waals surface area contributed by atoms with Crippen molar-refractivity contribution < 1.29 is 44.3 Å². The Morgan fingerprint density at radius 2 is 1.68 bits per heavy atom. The number of amides is 3. The Bertz CT molecular complexity index is 1920. The van der Waals surface area contributed by atoms with E-state index in [1.807, 2.05) is 71.3 Å². The topological polar surface area (TPSA) is 250 Å². The smallest absolute Gasteiger partial charge is 0.407 e. The molecule has 0 spiro atoms. The third kappa shape index (κ3) is 14.7. The quantitative estimate of drug-likeness (QED) is 0.0708. The van der Waals surface area contributed by atoms with Gasteiger partial charge in [0.05, 0.1) is 12.7 Å². The number of carboxylic acid groups (broad SMARTS) is 1. The minimum Gasteiger partial charge on any atom is -0.465 e. The summed E-state index contributed by atoms with van der Waals surface area (Å²) in [6.45, 7) is 6.63. The Kier molecular flexibility index (Phi) is 19.2. The van der Waals surface area contributed by atoms with E-state index in [9.17, 15) is 34.8 Å². The predicted octanol–water partition coefficient (Wildman–Crippen LogP) is 3.88. The number of rotatable bonds is 22. The van der Waals surface area contributed by atoms with E-state index < -0.39 is 42.7 Å². The maximum absolute atomic E-state index is 13.6. The number of nitrogen functional groups attached to an aromatic ring is 2. The van der Waals surface area contributed by atoms with Crippen molar-refractivity contribution in [2.45, 2.75) is 95.9 Å². The standard InChI is InChI=1S/C45H65ClN8O9/c1-3-4-5-11-19-52(27-34(55)38(58)39-35(56)28-62-44(63-39)32-13-7-6-8-14-32)20-18-36(57)53-21-16-30(17-22-53)25-54(45(60)61)26-31(23-33-15-10-9-12-29(33)2)24-49-43(59)37-41(47)51-42(48)40(46)50-37/h6-10,12-15,30-31,34-35,38-39,44,55-56,58H,3-5,11,16-28H2,1-2H3,(H,49,59)(H,60,61)(H4,47,48,51)/t31?,34-,35-,38-,39-,44-/m1/s1. The lowest BCUT2D eigenvalue weighted by Crippen LogP contribution is -2.54. The number of anilines is 2. The number of ether oxygens (including phenoxy) is 2. The Morgan fingerprint density at radius 3 is 2.38 bits per heavy atom. The van der Waals surface area contributed by atoms with Gasteiger partial charge in [0, 0.05) is 57.8 Å². The van der Waals surface area contributed by atoms with Crippen LogP contribution in [0, 0.1) is 18.8 Å². The second kappa shape index (κ2) is 24.4. The lowest BCUT2D eigenvalue weighted by molar-refractivity contribution is -0.283. The van der Waals surface area contributed by atoms with Gasteiger partial charge in [-0.05, 0) is 62.1 Å². The number of aryl methyl sites for hydroxylation is 1. The van der Waals surface area contributed by atoms with E-state index in [1.165, 1.54) is 4.90 Å². The third-order valence-electron chi connectivity index (χ3n) is 11.9. The number of aliphatic hydroxyl groups is 3. The van der Waals surface area contributed by atoms with Gasteiger partial charge in [0.2, 0.25) is 5.91 Å². The average Bonchev–Trinajstić information content (AvgIpc) is 3.27. The maximum Gasteiger partial charge on any atom is 0.407 e. The van der Waals surface area contributed by atoms with Crippen molar-refractivity contribution in [3.8, 4) is 0 Å². The first-order chi connectivity index (χ1) is 30.2. The number of carbonyl (C=O) groups is 3. The summed E-state index contributed by atoms with van der Waals surface area (Å²) in [6.07, 6.45) is -0.804. The van der Waals surface area contributed by atoms with Gasteiger partial charge >= 0.3 is 6.09 Å². The Morgan fingerprint density at radius 1 is 0.968 bits per heavy atom. The van der Waals surface area contributed by atoms with Gasteiger partial charge in [-0.2, -0.15) is 0 Å². The van der Waals surface area contributed by atoms with Crippen LogP contribution in [0.5, 0.6) is 0 Å². The molecule has 2 aliphatic heterocycles. The van der Waals surface area contributed by atoms with E-state index in [0.29, 0.717) is 45.4 Å². The fourth-order valence-electron chi connectivity index (χ4n) is 8.21. The number of carbonyl (C=O) groups excluding carboxylic acids is 2. The number of likely N-dealkylation sites (tertiary alicyclic amines) is 1. The van der Waals surface area contributed by atoms with Crippen molar-refractivity contribution >= 4 is 41.1 Å². The largest absolute Gasteiger partial charge is 0.465 e. The number of halogens is 1. The average molecular weight is 898 g/mol. The number of aromatic nitrogens is 2. The molecule has 17 nitrogen and oxygen atoms in total. The normalized spacial score (nSPS) is 19.7. The first-order valence-corrected chi connectivity index (χ1v) is 22.4. The summed E-state index contributed by atoms with van der Waals surface area (Å²) in [7, 11) is 0. The molecule has 2 aromatic carbocycles. The fraction of sp³-hybridized carbons (Fsp3) is 0.578. The molecule has 0 saturated carbocycles. The van der Waals surface area contributed by atoms with Crippen molar-refractivity contribution in [3.05, 3.63) is 82.1 Å². The van der Waals surface area contributed by atoms with E-state index in [-0.39, 0.29) is 79.4 Å². The first kappa shape index (κ1) is 49.4. The molecule has 5 rings (SSSR count). The van der Waals surface area contributed by atoms with Crippen LogP contribution in [0.15, 0.2) is 54.6 Å². The highest BCUT2D eigenvalue weighted by Crippen LogP contribution is 2.29. The zero-order chi connectivity index (χ0) is 45.5. The zero-order valence-corrected chi connectivity index (χ0v) is 37.1. The lowest BCUT2D eigenvalue weighted by atomic mass is 9.93. The Balaban J connectivity index is 1.14. The highest BCUT2D eigenvalue weighted by Gasteiger charge is 2.40. The number of hydrogen-bond acceptors (Lipinski definition) is 13. The molecule has 2 saturated heterocycles. The maximum atomic E-state index is 13.6. The minimum atomic E-state index is -1.40. The van der Waals surface area contributed by atoms with Crippen molar-refractivity contribution in [2.75, 3.05) is 70.4 Å². The van der Waals surface area contributed by atoms with E-state index in [2.05, 4.69) is 22.2 Å². The zero-order valence-electron chi connectivity index (χ0n) is 36.4. The summed E-state index contributed by atoms with van der Waals surface area (Å²) in [5, 5.41) is 46.2. The van der Waals surface area contributed by atoms with Crippen molar-refractivity contribution in [1.29, 1.82) is 0 Å². The van der Waals surface area contributed by atoms with Gasteiger partial charge in [-0.1, -0.05) is 92.4 Å². The fourth-order valence-corrected chi connectivity index (χ4v) is 8.33. The van der Waals surface area contributed by atoms with Crippen LogP contribution in [0.1, 0.15) is 85.3 Å². The van der Waals surface area contributed by atoms with Gasteiger partial charge in [-0.25, -0.2) is 14.8 Å². The van der Waals surface area contributed by atoms with Crippen LogP contribution in [0.4, 0.5) is 16.4 Å². The van der Waals surface area contributed by atoms with Crippen molar-refractivity contribution in [1.82, 2.24) is 30.0 Å². The molecule has 6 atom stereocenters. The Hall–Kier alpha value is -4.62. The second-order valence-electron chi connectivity index (χ2n) is 16.8. The van der Waals surface area contributed by atoms with E-state index in [0.717, 1.165) is 42.4 Å². The molecule has 3 amide bonds. The van der Waals surface area contributed by atoms with E-state index >= 15 is 0 Å². The molecule has 0 bridgehead atoms. The van der Waals surface area contributed by atoms with Gasteiger partial charge in [0.1, 0.15) is 18.3 Å². The van der Waals surface area contributed by atoms with Gasteiger partial charge in [-0.3, -0.25) is 9.59 Å². The predicted molar refractivity (Wildman–Crippen MR) is 239 cm³/mol. The van der Waals surface area contributed by atoms with Crippen LogP contribution in [0.2, 0.25) is 5.15 Å². The summed E-state index contributed by atoms with van der Waals surface area (Å²) >= 11 is 6.00. The molecule has 346 valence electrons. The lowest BCUT2D eigenvalue weighted by Gasteiger charge is -2.39. The molecule has 63 heavy (non-hydrogen) atoms. The molecule has 18 heteroatoms. The number of aliphatic hydroxyl groups excluding tert-OH is 3. The summed E-state index contributed by atoms with van der Waals surface area (Å²) in [5.74, 6) is -1.20. The molecule has 1 aromatic heterocycles. The first-order valence-electron chi connectivity index (χ1n) is 22.0. The monoisotopic (exact) mass is 896 g/mol. The van der Waals surface area contributed by atoms with Crippen LogP contribution in [-0.4, -0.2) is 146 Å². The van der Waals surface area contributed by atoms with E-state index in [4.69, 9.17) is 32.5 Å². The van der Waals surface area contributed by atoms with Crippen LogP contribution >= 0.6 is 11.6 Å². The number of piperidine rings is 1. The molecule has 0 radical (unpaired) electrons. The van der Waals surface area contributed by atoms with Gasteiger partial charge in [0.15, 0.2) is 28.8 Å². The summed E-state index contributed by atoms with van der Waals surface area (Å²) in [5.41, 5.74) is 14.2. The summed E-state index contributed by atoms with van der Waals surface area (Å²) in [4.78, 5) is 52.5. The van der Waals surface area contributed by atoms with Crippen LogP contribution in [0.25, 0.3) is 0 Å². The van der Waals surface area contributed by atoms with Crippen molar-refractivity contribution in [3.63, 3.8) is 0 Å². The number of unbranched alkanes of at least 4 members (excludes halogenated alkanes) is 3. The molecular weight excluding hydrogens is 832 g/mol. The number of benzene rings is 2. The van der Waals surface area contributed by atoms with Crippen LogP contribution in [0.3, 0.4) is 0 Å². The van der Waals surface area contributed by atoms with Crippen LogP contribution < -0.4 is 16.8 Å². The van der Waals surface area contributed by atoms with Gasteiger partial charge in [-0.15, -0.1) is 0 Å². The molecule has 0 aliphatic carbocycles. The Labute approximate surface area is 374 Å². The summed E-state index contributed by atoms with van der Waals surface area (Å²) < 4.78 is 11.6. The molecule has 3 heterocycles. The molecule has 1 unspecified atom stereocenters. The van der Waals surface area contributed by atoms with Crippen LogP contribution in [-0.2, 0) is 20.7 Å². The molecule has 3 aromatic rings. The SMILES string of the molecule is CCCCCCN(CCC(=O)N1CCC(CN(CC(CNC(=O)c2nc(Cl)c(N)nc2N)Cc2ccccc2C)C(=O)O)CC1)C[C@@H](O)[C@@H](O)[C@@H]1O[C@H](c2ccccc2)OC[C@H]1O. The van der Waals surface area contributed by atoms with Gasteiger partial charge in [0.25, 0.3) is 5.91 Å². The van der Waals surface area contributed by atoms with E-state index in [1.54, 1.807) is 0 Å². The van der Waals surface area contributed by atoms with Crippen molar-refractivity contribution in [2.24, 2.45) is 11.8 Å². The second-order valence-corrected chi connectivity index (χ2v) is 17.1. The molecule has 2 aliphatic rings. The molecule has 9 N–H and O–H groups in total. The number of hydrogen-bond donors (Lipinski definition) is 7. The number of nitrogens with zero attached hydrogens (tertiary/aromatic N) is 5. The molecule has 2 fully saturated rings. The highest BCUT2D eigenvalue weighted by atomic mass is 35.5. The number of nitrogens with one attached hydrogen (secondary N) is 1. The van der Waals surface area contributed by atoms with Gasteiger partial charge < -0.3 is 61.4 Å². The minimum absolute atomic E-state index is 0.0155. The molecular formula is C45H65ClN8O9. The highest BCUT2D eigenvalue weighted by molar-refractivity contribution is 6.31. The number of nitrogens with two attached hydrogens (primary N) is 2. The summed E-state index contributed by atoms with van der Waals surface area (Å²) in [6, 6.07) is 17.0.